The Balaban J connectivity index is 2.43. The number of aliphatic imine (C=N–C) groups is 1. The van der Waals surface area contributed by atoms with E-state index in [0.717, 1.165) is 12.1 Å². The molecule has 1 unspecified atom stereocenters. The molecule has 5 heteroatoms. The van der Waals surface area contributed by atoms with Crippen LogP contribution in [-0.2, 0) is 11.2 Å². The van der Waals surface area contributed by atoms with E-state index in [1.807, 2.05) is 17.8 Å². The van der Waals surface area contributed by atoms with Gasteiger partial charge in [0, 0.05) is 33.4 Å². The van der Waals surface area contributed by atoms with E-state index in [1.54, 1.807) is 24.2 Å². The standard InChI is InChI=1S/C20H28N2O2S/c1-13(2)11-15-12-16(7-8-17(15)25-20(4,5)6)22-10-9-21-14(3)18(22)19(23)24/h7-10,12-13,18H,11H2,1-6H3,(H,23,24). The monoisotopic (exact) mass is 360 g/mol. The maximum absolute atomic E-state index is 11.7. The minimum atomic E-state index is -0.885. The molecule has 1 aromatic rings. The topological polar surface area (TPSA) is 52.9 Å². The van der Waals surface area contributed by atoms with E-state index in [2.05, 4.69) is 51.7 Å². The quantitative estimate of drug-likeness (QED) is 0.752. The highest BCUT2D eigenvalue weighted by atomic mass is 32.2. The number of hydrogen-bond acceptors (Lipinski definition) is 4. The second-order valence-electron chi connectivity index (χ2n) is 7.82. The molecule has 0 bridgehead atoms. The van der Waals surface area contributed by atoms with Crippen LogP contribution >= 0.6 is 11.8 Å². The molecule has 0 aromatic heterocycles. The molecule has 0 spiro atoms. The molecular weight excluding hydrogens is 332 g/mol. The predicted molar refractivity (Wildman–Crippen MR) is 107 cm³/mol. The molecule has 4 nitrogen and oxygen atoms in total. The third-order valence-electron chi connectivity index (χ3n) is 3.80. The summed E-state index contributed by atoms with van der Waals surface area (Å²) >= 11 is 1.86. The van der Waals surface area contributed by atoms with Crippen molar-refractivity contribution in [3.05, 3.63) is 36.2 Å². The lowest BCUT2D eigenvalue weighted by molar-refractivity contribution is -0.136. The van der Waals surface area contributed by atoms with Crippen molar-refractivity contribution in [2.75, 3.05) is 4.90 Å². The van der Waals surface area contributed by atoms with Gasteiger partial charge in [0.1, 0.15) is 0 Å². The highest BCUT2D eigenvalue weighted by Gasteiger charge is 2.29. The van der Waals surface area contributed by atoms with Crippen molar-refractivity contribution in [2.45, 2.75) is 63.6 Å². The average molecular weight is 361 g/mol. The molecular formula is C20H28N2O2S. The minimum Gasteiger partial charge on any atom is -0.479 e. The van der Waals surface area contributed by atoms with E-state index >= 15 is 0 Å². The lowest BCUT2D eigenvalue weighted by Gasteiger charge is -2.30. The summed E-state index contributed by atoms with van der Waals surface area (Å²) in [5, 5.41) is 9.60. The Bertz CT molecular complexity index is 702. The number of rotatable bonds is 5. The second-order valence-corrected chi connectivity index (χ2v) is 9.69. The fraction of sp³-hybridized carbons (Fsp3) is 0.500. The molecule has 25 heavy (non-hydrogen) atoms. The maximum atomic E-state index is 11.7. The molecule has 0 radical (unpaired) electrons. The Hall–Kier alpha value is -1.75. The number of aliphatic carboxylic acids is 1. The normalized spacial score (nSPS) is 17.8. The Morgan fingerprint density at radius 3 is 2.60 bits per heavy atom. The van der Waals surface area contributed by atoms with Crippen molar-refractivity contribution < 1.29 is 9.90 Å². The zero-order valence-electron chi connectivity index (χ0n) is 15.9. The summed E-state index contributed by atoms with van der Waals surface area (Å²) in [6.07, 6.45) is 4.38. The summed E-state index contributed by atoms with van der Waals surface area (Å²) in [5.74, 6) is -0.353. The van der Waals surface area contributed by atoms with Gasteiger partial charge in [-0.1, -0.05) is 34.6 Å². The van der Waals surface area contributed by atoms with Crippen LogP contribution in [0.5, 0.6) is 0 Å². The lowest BCUT2D eigenvalue weighted by atomic mass is 10.0. The zero-order chi connectivity index (χ0) is 18.8. The SMILES string of the molecule is CC1=NC=CN(c2ccc(SC(C)(C)C)c(CC(C)C)c2)C1C(=O)O. The van der Waals surface area contributed by atoms with Gasteiger partial charge in [0.25, 0.3) is 0 Å². The first-order valence-corrected chi connectivity index (χ1v) is 9.44. The summed E-state index contributed by atoms with van der Waals surface area (Å²) in [6, 6.07) is 5.51. The molecule has 1 aliphatic heterocycles. The molecule has 0 fully saturated rings. The van der Waals surface area contributed by atoms with Crippen molar-refractivity contribution in [2.24, 2.45) is 10.9 Å². The molecule has 0 saturated heterocycles. The Morgan fingerprint density at radius 2 is 2.04 bits per heavy atom. The van der Waals surface area contributed by atoms with E-state index in [9.17, 15) is 9.90 Å². The van der Waals surface area contributed by atoms with Crippen molar-refractivity contribution >= 4 is 29.1 Å². The maximum Gasteiger partial charge on any atom is 0.332 e. The number of carbonyl (C=O) groups is 1. The first kappa shape index (κ1) is 19.6. The van der Waals surface area contributed by atoms with Gasteiger partial charge in [-0.3, -0.25) is 4.99 Å². The van der Waals surface area contributed by atoms with E-state index in [-0.39, 0.29) is 4.75 Å². The van der Waals surface area contributed by atoms with Crippen LogP contribution < -0.4 is 4.90 Å². The van der Waals surface area contributed by atoms with Crippen LogP contribution in [-0.4, -0.2) is 27.6 Å². The third kappa shape index (κ3) is 5.11. The molecule has 1 N–H and O–H groups in total. The van der Waals surface area contributed by atoms with Gasteiger partial charge in [-0.05, 0) is 43.0 Å². The molecule has 1 heterocycles. The zero-order valence-corrected chi connectivity index (χ0v) is 16.7. The number of benzene rings is 1. The highest BCUT2D eigenvalue weighted by Crippen LogP contribution is 2.37. The number of nitrogens with zero attached hydrogens (tertiary/aromatic N) is 2. The van der Waals surface area contributed by atoms with Crippen LogP contribution in [0.4, 0.5) is 5.69 Å². The summed E-state index contributed by atoms with van der Waals surface area (Å²) in [7, 11) is 0. The number of thioether (sulfide) groups is 1. The summed E-state index contributed by atoms with van der Waals surface area (Å²) in [6.45, 7) is 12.8. The first-order valence-electron chi connectivity index (χ1n) is 8.62. The molecule has 1 aliphatic rings. The fourth-order valence-electron chi connectivity index (χ4n) is 2.87. The van der Waals surface area contributed by atoms with Crippen molar-refractivity contribution in [3.63, 3.8) is 0 Å². The van der Waals surface area contributed by atoms with Gasteiger partial charge in [0.2, 0.25) is 0 Å². The molecule has 0 saturated carbocycles. The van der Waals surface area contributed by atoms with Crippen LogP contribution in [0.25, 0.3) is 0 Å². The number of carboxylic acid groups (broad SMARTS) is 1. The molecule has 0 aliphatic carbocycles. The van der Waals surface area contributed by atoms with Crippen molar-refractivity contribution in [1.29, 1.82) is 0 Å². The molecule has 2 rings (SSSR count). The fourth-order valence-corrected chi connectivity index (χ4v) is 3.94. The van der Waals surface area contributed by atoms with E-state index in [0.29, 0.717) is 11.6 Å². The smallest absolute Gasteiger partial charge is 0.332 e. The van der Waals surface area contributed by atoms with Gasteiger partial charge in [-0.15, -0.1) is 11.8 Å². The predicted octanol–water partition coefficient (Wildman–Crippen LogP) is 4.98. The number of anilines is 1. The van der Waals surface area contributed by atoms with Crippen molar-refractivity contribution in [1.82, 2.24) is 0 Å². The highest BCUT2D eigenvalue weighted by molar-refractivity contribution is 8.00. The van der Waals surface area contributed by atoms with Gasteiger partial charge in [-0.2, -0.15) is 0 Å². The van der Waals surface area contributed by atoms with Gasteiger partial charge in [0.05, 0.1) is 0 Å². The summed E-state index contributed by atoms with van der Waals surface area (Å²) in [4.78, 5) is 18.9. The van der Waals surface area contributed by atoms with E-state index in [4.69, 9.17) is 0 Å². The Labute approximate surface area is 155 Å². The van der Waals surface area contributed by atoms with Crippen LogP contribution in [0.3, 0.4) is 0 Å². The lowest BCUT2D eigenvalue weighted by Crippen LogP contribution is -2.44. The minimum absolute atomic E-state index is 0.130. The molecule has 1 atom stereocenters. The van der Waals surface area contributed by atoms with Gasteiger partial charge >= 0.3 is 5.97 Å². The van der Waals surface area contributed by atoms with Crippen LogP contribution in [0.15, 0.2) is 40.5 Å². The largest absolute Gasteiger partial charge is 0.479 e. The van der Waals surface area contributed by atoms with Gasteiger partial charge in [-0.25, -0.2) is 4.79 Å². The Morgan fingerprint density at radius 1 is 1.36 bits per heavy atom. The first-order chi connectivity index (χ1) is 11.6. The Kier molecular flexibility index (Phi) is 5.99. The van der Waals surface area contributed by atoms with Gasteiger partial charge in [0.15, 0.2) is 6.04 Å². The van der Waals surface area contributed by atoms with Gasteiger partial charge < -0.3 is 10.0 Å². The molecule has 1 aromatic carbocycles. The molecule has 0 amide bonds. The third-order valence-corrected chi connectivity index (χ3v) is 5.03. The van der Waals surface area contributed by atoms with Crippen LogP contribution in [0, 0.1) is 5.92 Å². The van der Waals surface area contributed by atoms with E-state index in [1.165, 1.54) is 10.5 Å². The number of carboxylic acids is 1. The number of hydrogen-bond donors (Lipinski definition) is 1. The molecule has 136 valence electrons. The van der Waals surface area contributed by atoms with Crippen LogP contribution in [0.1, 0.15) is 47.1 Å². The summed E-state index contributed by atoms with van der Waals surface area (Å²) in [5.41, 5.74) is 2.76. The average Bonchev–Trinajstić information content (AvgIpc) is 2.46. The van der Waals surface area contributed by atoms with Crippen molar-refractivity contribution in [3.8, 4) is 0 Å². The van der Waals surface area contributed by atoms with Crippen LogP contribution in [0.2, 0.25) is 0 Å². The van der Waals surface area contributed by atoms with E-state index < -0.39 is 12.0 Å². The second kappa shape index (κ2) is 7.65. The summed E-state index contributed by atoms with van der Waals surface area (Å²) < 4.78 is 0.130.